The van der Waals surface area contributed by atoms with Crippen LogP contribution >= 0.6 is 0 Å². The van der Waals surface area contributed by atoms with E-state index in [9.17, 15) is 0 Å². The van der Waals surface area contributed by atoms with Crippen LogP contribution in [0.15, 0.2) is 195 Å². The van der Waals surface area contributed by atoms with E-state index in [4.69, 9.17) is 0 Å². The van der Waals surface area contributed by atoms with Gasteiger partial charge in [0.1, 0.15) is 0 Å². The van der Waals surface area contributed by atoms with Crippen molar-refractivity contribution in [2.24, 2.45) is 0 Å². The van der Waals surface area contributed by atoms with Crippen LogP contribution in [0.1, 0.15) is 25.0 Å². The second kappa shape index (κ2) is 12.4. The van der Waals surface area contributed by atoms with Crippen molar-refractivity contribution in [2.45, 2.75) is 19.3 Å². The highest BCUT2D eigenvalue weighted by Gasteiger charge is 2.35. The topological polar surface area (TPSA) is 26.0 Å². The summed E-state index contributed by atoms with van der Waals surface area (Å²) in [5.41, 5.74) is 16.6. The highest BCUT2D eigenvalue weighted by Crippen LogP contribution is 2.51. The summed E-state index contributed by atoms with van der Waals surface area (Å²) >= 11 is 0. The molecule has 11 rings (SSSR count). The lowest BCUT2D eigenvalue weighted by atomic mass is 9.82. The van der Waals surface area contributed by atoms with Crippen molar-refractivity contribution < 1.29 is 0 Å². The maximum atomic E-state index is 4.38. The largest absolute Gasteiger partial charge is 0.316 e. The number of benzene rings is 7. The van der Waals surface area contributed by atoms with Crippen molar-refractivity contribution in [3.8, 4) is 33.6 Å². The number of rotatable bonds is 6. The molecule has 0 radical (unpaired) electrons. The molecule has 0 bridgehead atoms. The van der Waals surface area contributed by atoms with E-state index in [0.717, 1.165) is 39.6 Å². The number of hydrogen-bond donors (Lipinski definition) is 0. The predicted octanol–water partition coefficient (Wildman–Crippen LogP) is 13.6. The minimum absolute atomic E-state index is 0.119. The lowest BCUT2D eigenvalue weighted by molar-refractivity contribution is 0.660. The molecule has 1 aliphatic rings. The van der Waals surface area contributed by atoms with Crippen LogP contribution in [0.4, 0.5) is 17.1 Å². The number of hydrogen-bond acceptors (Lipinski definition) is 2. The molecule has 1 aliphatic carbocycles. The molecule has 4 heteroatoms. The Morgan fingerprint density at radius 1 is 0.482 bits per heavy atom. The summed E-state index contributed by atoms with van der Waals surface area (Å²) in [6.07, 6.45) is 5.93. The molecule has 7 aromatic carbocycles. The molecule has 0 saturated heterocycles. The van der Waals surface area contributed by atoms with Gasteiger partial charge in [0.15, 0.2) is 0 Å². The van der Waals surface area contributed by atoms with Gasteiger partial charge >= 0.3 is 0 Å². The summed E-state index contributed by atoms with van der Waals surface area (Å²) in [7, 11) is 0. The summed E-state index contributed by atoms with van der Waals surface area (Å²) in [5, 5.41) is 3.64. The van der Waals surface area contributed by atoms with Crippen LogP contribution in [0.2, 0.25) is 0 Å². The third kappa shape index (κ3) is 4.96. The third-order valence-electron chi connectivity index (χ3n) is 11.8. The molecule has 0 aliphatic heterocycles. The fourth-order valence-electron chi connectivity index (χ4n) is 9.06. The third-order valence-corrected chi connectivity index (χ3v) is 11.8. The van der Waals surface area contributed by atoms with Gasteiger partial charge in [0.25, 0.3) is 0 Å². The molecule has 0 amide bonds. The minimum Gasteiger partial charge on any atom is -0.316 e. The average molecular weight is 719 g/mol. The smallest absolute Gasteiger partial charge is 0.0562 e. The maximum absolute atomic E-state index is 4.38. The monoisotopic (exact) mass is 718 g/mol. The van der Waals surface area contributed by atoms with E-state index < -0.39 is 0 Å². The van der Waals surface area contributed by atoms with Gasteiger partial charge in [-0.2, -0.15) is 0 Å². The summed E-state index contributed by atoms with van der Waals surface area (Å²) in [5.74, 6) is 0. The van der Waals surface area contributed by atoms with E-state index in [1.165, 1.54) is 55.0 Å². The molecule has 0 atom stereocenters. The van der Waals surface area contributed by atoms with Gasteiger partial charge in [0, 0.05) is 68.6 Å². The summed E-state index contributed by atoms with van der Waals surface area (Å²) in [4.78, 5) is 6.80. The number of anilines is 3. The Morgan fingerprint density at radius 3 is 1.95 bits per heavy atom. The van der Waals surface area contributed by atoms with Gasteiger partial charge in [-0.1, -0.05) is 98.8 Å². The lowest BCUT2D eigenvalue weighted by Crippen LogP contribution is -2.16. The molecule has 266 valence electrons. The molecule has 0 saturated carbocycles. The van der Waals surface area contributed by atoms with E-state index in [-0.39, 0.29) is 5.41 Å². The fraction of sp³-hybridized carbons (Fsp3) is 0.0577. The Labute approximate surface area is 326 Å². The van der Waals surface area contributed by atoms with Crippen molar-refractivity contribution in [3.05, 3.63) is 206 Å². The van der Waals surface area contributed by atoms with E-state index in [1.807, 2.05) is 18.5 Å². The van der Waals surface area contributed by atoms with Crippen molar-refractivity contribution >= 4 is 49.8 Å². The molecule has 3 heterocycles. The van der Waals surface area contributed by atoms with E-state index in [1.54, 1.807) is 0 Å². The highest BCUT2D eigenvalue weighted by atomic mass is 15.1. The van der Waals surface area contributed by atoms with Gasteiger partial charge in [-0.3, -0.25) is 4.98 Å². The normalized spacial score (nSPS) is 13.0. The second-order valence-corrected chi connectivity index (χ2v) is 15.3. The molecule has 10 aromatic rings. The fourth-order valence-corrected chi connectivity index (χ4v) is 9.06. The first-order valence-corrected chi connectivity index (χ1v) is 19.3. The lowest BCUT2D eigenvalue weighted by Gasteiger charge is -2.28. The molecular formula is C52H38N4. The zero-order valence-corrected chi connectivity index (χ0v) is 31.3. The molecule has 0 spiro atoms. The summed E-state index contributed by atoms with van der Waals surface area (Å²) in [6, 6.07) is 64.2. The van der Waals surface area contributed by atoms with Crippen LogP contribution in [0.3, 0.4) is 0 Å². The number of nitrogens with zero attached hydrogens (tertiary/aromatic N) is 4. The van der Waals surface area contributed by atoms with E-state index in [2.05, 4.69) is 209 Å². The van der Waals surface area contributed by atoms with Gasteiger partial charge in [-0.25, -0.2) is 0 Å². The first-order chi connectivity index (χ1) is 27.5. The SMILES string of the molecule is CC1(C)c2ccccc2-c2ccc(N(c3ccc(-c4cccnc4)cc3)c3ccc4c(c3)c3cc5ccn(-c6ccccc6)c5cc3n4-c3ccccc3)cc21. The Morgan fingerprint density at radius 2 is 1.16 bits per heavy atom. The Bertz CT molecular complexity index is 3080. The highest BCUT2D eigenvalue weighted by molar-refractivity contribution is 6.14. The van der Waals surface area contributed by atoms with Crippen molar-refractivity contribution in [1.29, 1.82) is 0 Å². The number of pyridine rings is 1. The maximum Gasteiger partial charge on any atom is 0.0562 e. The van der Waals surface area contributed by atoms with Crippen LogP contribution in [0.25, 0.3) is 66.3 Å². The van der Waals surface area contributed by atoms with Crippen molar-refractivity contribution in [2.75, 3.05) is 4.90 Å². The molecule has 4 nitrogen and oxygen atoms in total. The van der Waals surface area contributed by atoms with Gasteiger partial charge in [-0.15, -0.1) is 0 Å². The first-order valence-electron chi connectivity index (χ1n) is 19.3. The zero-order chi connectivity index (χ0) is 37.4. The minimum atomic E-state index is -0.119. The summed E-state index contributed by atoms with van der Waals surface area (Å²) in [6.45, 7) is 4.70. The Balaban J connectivity index is 1.13. The second-order valence-electron chi connectivity index (χ2n) is 15.3. The quantitative estimate of drug-likeness (QED) is 0.171. The van der Waals surface area contributed by atoms with Crippen LogP contribution in [-0.2, 0) is 5.41 Å². The van der Waals surface area contributed by atoms with Crippen LogP contribution in [-0.4, -0.2) is 14.1 Å². The Kier molecular flexibility index (Phi) is 7.17. The van der Waals surface area contributed by atoms with Gasteiger partial charge in [0.05, 0.1) is 16.6 Å². The van der Waals surface area contributed by atoms with Crippen LogP contribution < -0.4 is 4.90 Å². The number of aromatic nitrogens is 3. The molecule has 3 aromatic heterocycles. The average Bonchev–Trinajstić information content (AvgIpc) is 3.89. The van der Waals surface area contributed by atoms with Gasteiger partial charge in [0.2, 0.25) is 0 Å². The molecular weight excluding hydrogens is 681 g/mol. The molecule has 0 fully saturated rings. The Hall–Kier alpha value is -7.17. The van der Waals surface area contributed by atoms with Crippen molar-refractivity contribution in [3.63, 3.8) is 0 Å². The van der Waals surface area contributed by atoms with Crippen LogP contribution in [0.5, 0.6) is 0 Å². The number of fused-ring (bicyclic) bond motifs is 7. The molecule has 56 heavy (non-hydrogen) atoms. The predicted molar refractivity (Wildman–Crippen MR) is 233 cm³/mol. The standard InChI is InChI=1S/C52H38N4/c1-52(2)47-18-10-9-17-43(47)44-25-23-42(32-48(44)52)55(40-21-19-35(20-22-40)37-12-11-28-53-34-37)41-24-26-49-46(31-41)45-30-36-27-29-54(38-13-5-3-6-14-38)50(36)33-51(45)56(49)39-15-7-4-8-16-39/h3-34H,1-2H3. The van der Waals surface area contributed by atoms with Crippen molar-refractivity contribution in [1.82, 2.24) is 14.1 Å². The molecule has 0 N–H and O–H groups in total. The van der Waals surface area contributed by atoms with Crippen LogP contribution in [0, 0.1) is 0 Å². The summed E-state index contributed by atoms with van der Waals surface area (Å²) < 4.78 is 4.70. The number of para-hydroxylation sites is 2. The van der Waals surface area contributed by atoms with Gasteiger partial charge in [-0.05, 0) is 124 Å². The molecule has 0 unspecified atom stereocenters. The zero-order valence-electron chi connectivity index (χ0n) is 31.3. The van der Waals surface area contributed by atoms with E-state index >= 15 is 0 Å². The van der Waals surface area contributed by atoms with Gasteiger partial charge < -0.3 is 14.0 Å². The van der Waals surface area contributed by atoms with E-state index in [0.29, 0.717) is 0 Å². The first kappa shape index (κ1) is 32.3.